The van der Waals surface area contributed by atoms with Crippen LogP contribution in [0.2, 0.25) is 0 Å². The molecule has 4 atom stereocenters. The van der Waals surface area contributed by atoms with Crippen molar-refractivity contribution < 1.29 is 24.3 Å². The quantitative estimate of drug-likeness (QED) is 0.453. The third-order valence-electron chi connectivity index (χ3n) is 8.30. The first-order chi connectivity index (χ1) is 18.8. The van der Waals surface area contributed by atoms with Crippen LogP contribution in [-0.2, 0) is 20.8 Å². The molecule has 9 heteroatoms. The number of para-hydroxylation sites is 1. The molecule has 0 saturated carbocycles. The number of carboxylic acids is 1. The van der Waals surface area contributed by atoms with Gasteiger partial charge in [-0.1, -0.05) is 50.2 Å². The second kappa shape index (κ2) is 9.55. The largest absolute Gasteiger partial charge is 0.480 e. The van der Waals surface area contributed by atoms with Crippen LogP contribution in [0.5, 0.6) is 0 Å². The molecule has 0 spiro atoms. The van der Waals surface area contributed by atoms with Crippen molar-refractivity contribution in [3.8, 4) is 0 Å². The molecule has 3 aliphatic rings. The summed E-state index contributed by atoms with van der Waals surface area (Å²) in [6.45, 7) is 4.27. The molecule has 9 nitrogen and oxygen atoms in total. The van der Waals surface area contributed by atoms with Gasteiger partial charge in [0.05, 0.1) is 6.04 Å². The number of hydrogen-bond acceptors (Lipinski definition) is 4. The maximum Gasteiger partial charge on any atom is 0.326 e. The van der Waals surface area contributed by atoms with Crippen molar-refractivity contribution in [1.29, 1.82) is 0 Å². The van der Waals surface area contributed by atoms with E-state index < -0.39 is 36.0 Å². The topological polar surface area (TPSA) is 123 Å². The number of carbonyl (C=O) groups excluding carboxylic acids is 3. The summed E-state index contributed by atoms with van der Waals surface area (Å²) in [5, 5.41) is 13.6. The average Bonchev–Trinajstić information content (AvgIpc) is 3.62. The first-order valence-electron chi connectivity index (χ1n) is 13.6. The van der Waals surface area contributed by atoms with Crippen molar-refractivity contribution in [2.75, 3.05) is 6.54 Å². The summed E-state index contributed by atoms with van der Waals surface area (Å²) in [5.41, 5.74) is 4.28. The molecule has 2 aromatic carbocycles. The molecule has 39 heavy (non-hydrogen) atoms. The van der Waals surface area contributed by atoms with Gasteiger partial charge in [0.25, 0.3) is 5.91 Å². The van der Waals surface area contributed by atoms with Crippen LogP contribution in [0.1, 0.15) is 66.3 Å². The number of amides is 3. The number of aliphatic carboxylic acids is 1. The molecule has 202 valence electrons. The minimum atomic E-state index is -1.03. The number of hydrogen-bond donors (Lipinski definition) is 3. The van der Waals surface area contributed by atoms with Gasteiger partial charge in [-0.25, -0.2) is 4.79 Å². The second-order valence-electron chi connectivity index (χ2n) is 11.2. The molecule has 0 radical (unpaired) electrons. The normalized spacial score (nSPS) is 22.5. The Balaban J connectivity index is 1.36. The van der Waals surface area contributed by atoms with Gasteiger partial charge in [-0.3, -0.25) is 14.4 Å². The summed E-state index contributed by atoms with van der Waals surface area (Å²) < 4.78 is 0. The molecule has 1 saturated heterocycles. The van der Waals surface area contributed by atoms with Crippen LogP contribution in [0.4, 0.5) is 0 Å². The maximum absolute atomic E-state index is 14.0. The highest BCUT2D eigenvalue weighted by Crippen LogP contribution is 2.46. The van der Waals surface area contributed by atoms with E-state index in [1.165, 1.54) is 4.90 Å². The molecule has 3 amide bonds. The molecule has 0 bridgehead atoms. The Morgan fingerprint density at radius 2 is 1.82 bits per heavy atom. The number of H-pyrrole nitrogens is 1. The molecule has 3 N–H and O–H groups in total. The van der Waals surface area contributed by atoms with E-state index >= 15 is 0 Å². The van der Waals surface area contributed by atoms with Gasteiger partial charge in [-0.2, -0.15) is 0 Å². The number of nitrogens with zero attached hydrogens (tertiary/aromatic N) is 2. The van der Waals surface area contributed by atoms with Crippen LogP contribution in [-0.4, -0.2) is 68.3 Å². The Labute approximate surface area is 226 Å². The fraction of sp³-hybridized carbons (Fsp3) is 0.400. The Hall–Kier alpha value is -4.14. The predicted octanol–water partition coefficient (Wildman–Crippen LogP) is 3.24. The monoisotopic (exact) mass is 528 g/mol. The molecule has 1 fully saturated rings. The van der Waals surface area contributed by atoms with Gasteiger partial charge in [0.2, 0.25) is 11.8 Å². The third kappa shape index (κ3) is 4.07. The number of aromatic amines is 1. The van der Waals surface area contributed by atoms with Crippen molar-refractivity contribution >= 4 is 34.6 Å². The molecule has 1 aromatic heterocycles. The van der Waals surface area contributed by atoms with Gasteiger partial charge in [0.1, 0.15) is 18.1 Å². The van der Waals surface area contributed by atoms with Crippen LogP contribution in [0.15, 0.2) is 48.5 Å². The number of likely N-dealkylation sites (tertiary alicyclic amines) is 1. The Morgan fingerprint density at radius 3 is 2.59 bits per heavy atom. The summed E-state index contributed by atoms with van der Waals surface area (Å²) in [4.78, 5) is 59.6. The molecule has 4 heterocycles. The highest BCUT2D eigenvalue weighted by molar-refractivity contribution is 6.04. The van der Waals surface area contributed by atoms with E-state index in [0.29, 0.717) is 37.8 Å². The van der Waals surface area contributed by atoms with E-state index in [4.69, 9.17) is 0 Å². The number of nitrogens with one attached hydrogen (secondary N) is 2. The lowest BCUT2D eigenvalue weighted by molar-refractivity contribution is -0.149. The summed E-state index contributed by atoms with van der Waals surface area (Å²) in [6, 6.07) is 12.3. The minimum absolute atomic E-state index is 0.0853. The van der Waals surface area contributed by atoms with Crippen molar-refractivity contribution in [2.24, 2.45) is 5.92 Å². The number of aromatic nitrogens is 1. The Bertz CT molecular complexity index is 1490. The lowest BCUT2D eigenvalue weighted by Crippen LogP contribution is -2.58. The SMILES string of the molecule is CC(C)C[C@H](NC(=O)[C@@H]1Cc2c([nH]c3ccccc23)[C@@H]2c3ccccc3C(=O)N21)C(=O)N1CCC[C@@H]1C(=O)O. The zero-order valence-corrected chi connectivity index (χ0v) is 22.0. The van der Waals surface area contributed by atoms with Crippen molar-refractivity contribution in [1.82, 2.24) is 20.1 Å². The first-order valence-corrected chi connectivity index (χ1v) is 13.6. The Morgan fingerprint density at radius 1 is 1.08 bits per heavy atom. The summed E-state index contributed by atoms with van der Waals surface area (Å²) >= 11 is 0. The number of fused-ring (bicyclic) bond motifs is 7. The van der Waals surface area contributed by atoms with E-state index in [1.807, 2.05) is 56.3 Å². The van der Waals surface area contributed by atoms with Crippen LogP contribution in [0, 0.1) is 5.92 Å². The van der Waals surface area contributed by atoms with E-state index in [1.54, 1.807) is 11.0 Å². The molecular weight excluding hydrogens is 496 g/mol. The smallest absolute Gasteiger partial charge is 0.326 e. The van der Waals surface area contributed by atoms with Gasteiger partial charge in [-0.05, 0) is 48.4 Å². The van der Waals surface area contributed by atoms with Crippen molar-refractivity contribution in [2.45, 2.75) is 63.7 Å². The van der Waals surface area contributed by atoms with Crippen LogP contribution in [0.25, 0.3) is 10.9 Å². The van der Waals surface area contributed by atoms with Gasteiger partial charge < -0.3 is 25.2 Å². The van der Waals surface area contributed by atoms with E-state index in [-0.39, 0.29) is 17.7 Å². The molecule has 0 aliphatic carbocycles. The highest BCUT2D eigenvalue weighted by Gasteiger charge is 2.49. The zero-order valence-electron chi connectivity index (χ0n) is 22.0. The van der Waals surface area contributed by atoms with Gasteiger partial charge in [0.15, 0.2) is 0 Å². The van der Waals surface area contributed by atoms with Crippen molar-refractivity contribution in [3.05, 3.63) is 70.9 Å². The molecule has 6 rings (SSSR count). The predicted molar refractivity (Wildman–Crippen MR) is 144 cm³/mol. The van der Waals surface area contributed by atoms with Gasteiger partial charge >= 0.3 is 5.97 Å². The number of carboxylic acid groups (broad SMARTS) is 1. The van der Waals surface area contributed by atoms with Gasteiger partial charge in [-0.15, -0.1) is 0 Å². The van der Waals surface area contributed by atoms with Crippen LogP contribution in [0.3, 0.4) is 0 Å². The highest BCUT2D eigenvalue weighted by atomic mass is 16.4. The number of benzene rings is 2. The van der Waals surface area contributed by atoms with Crippen molar-refractivity contribution in [3.63, 3.8) is 0 Å². The van der Waals surface area contributed by atoms with Crippen LogP contribution < -0.4 is 5.32 Å². The summed E-state index contributed by atoms with van der Waals surface area (Å²) in [5.74, 6) is -1.93. The summed E-state index contributed by atoms with van der Waals surface area (Å²) in [7, 11) is 0. The Kier molecular flexibility index (Phi) is 6.16. The second-order valence-corrected chi connectivity index (χ2v) is 11.2. The number of rotatable bonds is 6. The van der Waals surface area contributed by atoms with E-state index in [0.717, 1.165) is 27.7 Å². The molecular formula is C30H32N4O5. The zero-order chi connectivity index (χ0) is 27.4. The minimum Gasteiger partial charge on any atom is -0.480 e. The number of carbonyl (C=O) groups is 4. The lowest BCUT2D eigenvalue weighted by Gasteiger charge is -2.38. The standard InChI is InChI=1S/C30H32N4O5/c1-16(2)14-22(29(37)33-13-7-12-23(33)30(38)39)32-27(35)24-15-20-17-8-5-6-11-21(17)31-25(20)26-18-9-3-4-10-19(18)28(36)34(24)26/h3-6,8-11,16,22-24,26,31H,7,12-15H2,1-2H3,(H,32,35)(H,38,39)/t22-,23+,24-,26-/m0/s1. The fourth-order valence-corrected chi connectivity index (χ4v) is 6.59. The summed E-state index contributed by atoms with van der Waals surface area (Å²) in [6.07, 6.45) is 1.69. The lowest BCUT2D eigenvalue weighted by atomic mass is 9.89. The maximum atomic E-state index is 14.0. The van der Waals surface area contributed by atoms with Crippen LogP contribution >= 0.6 is 0 Å². The van der Waals surface area contributed by atoms with E-state index in [9.17, 15) is 24.3 Å². The fourth-order valence-electron chi connectivity index (χ4n) is 6.59. The first kappa shape index (κ1) is 25.2. The average molecular weight is 529 g/mol. The van der Waals surface area contributed by atoms with Gasteiger partial charge in [0, 0.05) is 35.1 Å². The molecule has 3 aromatic rings. The molecule has 0 unspecified atom stereocenters. The van der Waals surface area contributed by atoms with E-state index in [2.05, 4.69) is 10.3 Å². The molecule has 3 aliphatic heterocycles. The third-order valence-corrected chi connectivity index (χ3v) is 8.30.